The first-order chi connectivity index (χ1) is 21.9. The third-order valence-corrected chi connectivity index (χ3v) is 11.4. The van der Waals surface area contributed by atoms with Gasteiger partial charge in [-0.05, 0) is 44.0 Å². The molecule has 2 fully saturated rings. The Bertz CT molecular complexity index is 1920. The van der Waals surface area contributed by atoms with Gasteiger partial charge in [-0.25, -0.2) is 9.78 Å². The van der Waals surface area contributed by atoms with E-state index in [4.69, 9.17) is 16.3 Å². The van der Waals surface area contributed by atoms with Crippen molar-refractivity contribution in [2.45, 2.75) is 29.4 Å². The van der Waals surface area contributed by atoms with Crippen LogP contribution in [0.15, 0.2) is 66.7 Å². The number of amides is 2. The Labute approximate surface area is 284 Å². The maximum Gasteiger partial charge on any atom is 0.339 e. The van der Waals surface area contributed by atoms with E-state index in [0.717, 1.165) is 6.07 Å². The topological polar surface area (TPSA) is 137 Å². The number of para-hydroxylation sites is 1. The number of nitro groups is 1. The number of aromatic nitrogens is 1. The first-order valence-corrected chi connectivity index (χ1v) is 16.5. The van der Waals surface area contributed by atoms with E-state index < -0.39 is 23.3 Å². The van der Waals surface area contributed by atoms with Gasteiger partial charge < -0.3 is 4.74 Å². The lowest BCUT2D eigenvalue weighted by atomic mass is 9.81. The second kappa shape index (κ2) is 12.7. The summed E-state index contributed by atoms with van der Waals surface area (Å²) in [5.74, 6) is -2.61. The van der Waals surface area contributed by atoms with Gasteiger partial charge >= 0.3 is 5.97 Å². The van der Waals surface area contributed by atoms with Gasteiger partial charge in [0, 0.05) is 37.8 Å². The number of aryl methyl sites for hydroxylation is 1. The maximum atomic E-state index is 13.3. The van der Waals surface area contributed by atoms with Gasteiger partial charge in [-0.2, -0.15) is 0 Å². The lowest BCUT2D eigenvalue weighted by molar-refractivity contribution is -0.385. The standard InChI is InChI=1S/C33H24Br2ClN3O7/c1-16-5-6-18(11-28(16)39(44)45)29(40)15-46-33(43)23-14-27(37-30-20(23)3-2-4-26(30)36)17-7-9-19(10-8-17)38-31(41)21-12-24(34)25(35)13-22(21)32(38)42/h2-11,14,21-22,24-25H,12-13,15H2,1H3. The van der Waals surface area contributed by atoms with Crippen LogP contribution in [0.1, 0.15) is 39.1 Å². The van der Waals surface area contributed by atoms with Crippen molar-refractivity contribution in [2.75, 3.05) is 11.5 Å². The highest BCUT2D eigenvalue weighted by Crippen LogP contribution is 2.44. The second-order valence-corrected chi connectivity index (χ2v) is 14.0. The van der Waals surface area contributed by atoms with Crippen LogP contribution >= 0.6 is 43.5 Å². The molecule has 1 saturated carbocycles. The highest BCUT2D eigenvalue weighted by Gasteiger charge is 2.52. The smallest absolute Gasteiger partial charge is 0.339 e. The Kier molecular flexibility index (Phi) is 8.79. The molecule has 46 heavy (non-hydrogen) atoms. The summed E-state index contributed by atoms with van der Waals surface area (Å²) in [6.45, 7) is 0.922. The Balaban J connectivity index is 1.27. The van der Waals surface area contributed by atoms with Crippen LogP contribution in [0.3, 0.4) is 0 Å². The van der Waals surface area contributed by atoms with E-state index in [9.17, 15) is 29.3 Å². The third kappa shape index (κ3) is 5.85. The number of anilines is 1. The fourth-order valence-electron chi connectivity index (χ4n) is 5.93. The van der Waals surface area contributed by atoms with Crippen molar-refractivity contribution in [3.05, 3.63) is 98.6 Å². The third-order valence-electron chi connectivity index (χ3n) is 8.41. The van der Waals surface area contributed by atoms with Gasteiger partial charge in [0.1, 0.15) is 0 Å². The predicted molar refractivity (Wildman–Crippen MR) is 179 cm³/mol. The summed E-state index contributed by atoms with van der Waals surface area (Å²) in [5, 5.41) is 12.0. The Morgan fingerprint density at radius 2 is 1.65 bits per heavy atom. The minimum Gasteiger partial charge on any atom is -0.454 e. The molecule has 1 aromatic heterocycles. The molecule has 10 nitrogen and oxygen atoms in total. The van der Waals surface area contributed by atoms with E-state index in [2.05, 4.69) is 36.8 Å². The molecule has 13 heteroatoms. The SMILES string of the molecule is Cc1ccc(C(=O)COC(=O)c2cc(-c3ccc(N4C(=O)C5CC(Br)C(Br)CC5C4=O)cc3)nc3c(Cl)cccc23)cc1[N+](=O)[O-]. The van der Waals surface area contributed by atoms with Gasteiger partial charge in [0.05, 0.1) is 44.2 Å². The van der Waals surface area contributed by atoms with Crippen molar-refractivity contribution in [3.63, 3.8) is 0 Å². The molecule has 1 aliphatic heterocycles. The first kappa shape index (κ1) is 32.0. The molecule has 0 spiro atoms. The lowest BCUT2D eigenvalue weighted by Crippen LogP contribution is -2.34. The van der Waals surface area contributed by atoms with Crippen LogP contribution in [0.5, 0.6) is 0 Å². The van der Waals surface area contributed by atoms with Crippen molar-refractivity contribution in [2.24, 2.45) is 11.8 Å². The van der Waals surface area contributed by atoms with Crippen LogP contribution in [-0.4, -0.2) is 49.7 Å². The fourth-order valence-corrected chi connectivity index (χ4v) is 7.39. The van der Waals surface area contributed by atoms with Crippen molar-refractivity contribution in [3.8, 4) is 11.3 Å². The Hall–Kier alpha value is -4.00. The van der Waals surface area contributed by atoms with Crippen LogP contribution in [0, 0.1) is 28.9 Å². The Morgan fingerprint density at radius 3 is 2.28 bits per heavy atom. The molecule has 4 unspecified atom stereocenters. The normalized spacial score (nSPS) is 20.9. The van der Waals surface area contributed by atoms with Gasteiger partial charge in [-0.1, -0.05) is 79.9 Å². The number of hydrogen-bond donors (Lipinski definition) is 0. The summed E-state index contributed by atoms with van der Waals surface area (Å²) >= 11 is 13.7. The van der Waals surface area contributed by atoms with E-state index >= 15 is 0 Å². The lowest BCUT2D eigenvalue weighted by Gasteiger charge is -2.29. The van der Waals surface area contributed by atoms with E-state index in [1.807, 2.05) is 0 Å². The van der Waals surface area contributed by atoms with Crippen LogP contribution in [0.4, 0.5) is 11.4 Å². The minimum atomic E-state index is -0.812. The summed E-state index contributed by atoms with van der Waals surface area (Å²) in [7, 11) is 0. The number of hydrogen-bond acceptors (Lipinski definition) is 8. The molecular weight excluding hydrogens is 746 g/mol. The zero-order valence-electron chi connectivity index (χ0n) is 24.1. The van der Waals surface area contributed by atoms with Gasteiger partial charge in [0.15, 0.2) is 6.61 Å². The molecule has 1 aliphatic carbocycles. The quantitative estimate of drug-likeness (QED) is 0.0480. The molecule has 2 heterocycles. The summed E-state index contributed by atoms with van der Waals surface area (Å²) in [5.41, 5.74) is 2.08. The number of carbonyl (C=O) groups is 4. The number of halogens is 3. The highest BCUT2D eigenvalue weighted by atomic mass is 79.9. The predicted octanol–water partition coefficient (Wildman–Crippen LogP) is 7.24. The van der Waals surface area contributed by atoms with Crippen molar-refractivity contribution in [1.29, 1.82) is 0 Å². The van der Waals surface area contributed by atoms with E-state index in [0.29, 0.717) is 51.3 Å². The molecule has 2 amide bonds. The van der Waals surface area contributed by atoms with Crippen molar-refractivity contribution >= 4 is 89.3 Å². The number of Topliss-reactive ketones (excluding diaryl/α,β-unsaturated/α-hetero) is 1. The number of benzene rings is 3. The number of rotatable bonds is 7. The van der Waals surface area contributed by atoms with Gasteiger partial charge in [0.2, 0.25) is 17.6 Å². The molecule has 234 valence electrons. The number of fused-ring (bicyclic) bond motifs is 2. The van der Waals surface area contributed by atoms with E-state index in [-0.39, 0.29) is 50.1 Å². The zero-order valence-corrected chi connectivity index (χ0v) is 28.0. The van der Waals surface area contributed by atoms with Gasteiger partial charge in [0.25, 0.3) is 5.69 Å². The molecule has 4 aromatic rings. The number of alkyl halides is 2. The highest BCUT2D eigenvalue weighted by molar-refractivity contribution is 9.12. The summed E-state index contributed by atoms with van der Waals surface area (Å²) in [4.78, 5) is 69.5. The minimum absolute atomic E-state index is 0.0433. The number of imide groups is 1. The number of pyridine rings is 1. The Morgan fingerprint density at radius 1 is 1.00 bits per heavy atom. The summed E-state index contributed by atoms with van der Waals surface area (Å²) in [6, 6.07) is 17.2. The fraction of sp³-hybridized carbons (Fsp3) is 0.242. The largest absolute Gasteiger partial charge is 0.454 e. The molecule has 3 aromatic carbocycles. The molecule has 6 rings (SSSR count). The van der Waals surface area contributed by atoms with Crippen LogP contribution < -0.4 is 4.90 Å². The number of ether oxygens (including phenoxy) is 1. The molecule has 0 N–H and O–H groups in total. The molecule has 2 aliphatic rings. The average molecular weight is 770 g/mol. The molecule has 0 radical (unpaired) electrons. The van der Waals surface area contributed by atoms with E-state index in [1.54, 1.807) is 49.4 Å². The molecular formula is C33H24Br2ClN3O7. The monoisotopic (exact) mass is 767 g/mol. The summed E-state index contributed by atoms with van der Waals surface area (Å²) < 4.78 is 5.37. The first-order valence-electron chi connectivity index (χ1n) is 14.3. The number of ketones is 1. The summed E-state index contributed by atoms with van der Waals surface area (Å²) in [6.07, 6.45) is 1.13. The van der Waals surface area contributed by atoms with Gasteiger partial charge in [-0.15, -0.1) is 0 Å². The van der Waals surface area contributed by atoms with Crippen molar-refractivity contribution in [1.82, 2.24) is 4.98 Å². The molecule has 0 bridgehead atoms. The number of carbonyl (C=O) groups excluding carboxylic acids is 4. The van der Waals surface area contributed by atoms with Crippen LogP contribution in [0.2, 0.25) is 5.02 Å². The maximum absolute atomic E-state index is 13.3. The zero-order chi connectivity index (χ0) is 32.9. The van der Waals surface area contributed by atoms with Gasteiger partial charge in [-0.3, -0.25) is 29.4 Å². The molecule has 4 atom stereocenters. The number of nitro benzene ring substituents is 1. The number of esters is 1. The van der Waals surface area contributed by atoms with Crippen molar-refractivity contribution < 1.29 is 28.8 Å². The van der Waals surface area contributed by atoms with Crippen LogP contribution in [0.25, 0.3) is 22.2 Å². The number of nitrogens with zero attached hydrogens (tertiary/aromatic N) is 3. The van der Waals surface area contributed by atoms with Crippen LogP contribution in [-0.2, 0) is 14.3 Å². The molecule has 1 saturated heterocycles. The second-order valence-electron chi connectivity index (χ2n) is 11.2. The average Bonchev–Trinajstić information content (AvgIpc) is 3.27. The van der Waals surface area contributed by atoms with E-state index in [1.165, 1.54) is 23.1 Å².